The number of aromatic nitrogens is 3. The summed E-state index contributed by atoms with van der Waals surface area (Å²) in [5, 5.41) is 3.22. The Hall–Kier alpha value is -1.69. The molecule has 2 aromatic rings. The van der Waals surface area contributed by atoms with E-state index in [4.69, 9.17) is 4.74 Å². The molecule has 0 aliphatic rings. The van der Waals surface area contributed by atoms with Gasteiger partial charge in [0.15, 0.2) is 0 Å². The number of ether oxygens (including phenoxy) is 1. The SMILES string of the molecule is CCCNc1cc(Oc2cncc(Br)c2)nc(C)n1. The number of rotatable bonds is 5. The summed E-state index contributed by atoms with van der Waals surface area (Å²) in [6.45, 7) is 4.81. The van der Waals surface area contributed by atoms with Gasteiger partial charge in [0.25, 0.3) is 0 Å². The normalized spacial score (nSPS) is 10.3. The van der Waals surface area contributed by atoms with Crippen molar-refractivity contribution >= 4 is 21.7 Å². The van der Waals surface area contributed by atoms with Crippen molar-refractivity contribution in [1.82, 2.24) is 15.0 Å². The van der Waals surface area contributed by atoms with Gasteiger partial charge < -0.3 is 10.1 Å². The van der Waals surface area contributed by atoms with Crippen molar-refractivity contribution in [3.05, 3.63) is 34.8 Å². The largest absolute Gasteiger partial charge is 0.437 e. The summed E-state index contributed by atoms with van der Waals surface area (Å²) < 4.78 is 6.54. The number of halogens is 1. The fourth-order valence-electron chi connectivity index (χ4n) is 1.51. The first kappa shape index (κ1) is 13.7. The Balaban J connectivity index is 2.17. The van der Waals surface area contributed by atoms with Crippen LogP contribution in [0.15, 0.2) is 29.0 Å². The molecule has 2 aromatic heterocycles. The van der Waals surface area contributed by atoms with Crippen LogP contribution in [0.4, 0.5) is 5.82 Å². The third kappa shape index (κ3) is 4.17. The zero-order valence-corrected chi connectivity index (χ0v) is 12.4. The van der Waals surface area contributed by atoms with E-state index < -0.39 is 0 Å². The molecular weight excluding hydrogens is 308 g/mol. The van der Waals surface area contributed by atoms with E-state index >= 15 is 0 Å². The summed E-state index contributed by atoms with van der Waals surface area (Å²) in [5.41, 5.74) is 0. The molecule has 0 atom stereocenters. The molecule has 0 saturated carbocycles. The van der Waals surface area contributed by atoms with Crippen LogP contribution in [0.3, 0.4) is 0 Å². The van der Waals surface area contributed by atoms with Crippen LogP contribution < -0.4 is 10.1 Å². The van der Waals surface area contributed by atoms with Gasteiger partial charge in [-0.15, -0.1) is 0 Å². The van der Waals surface area contributed by atoms with Gasteiger partial charge in [0.2, 0.25) is 5.88 Å². The molecule has 2 heterocycles. The highest BCUT2D eigenvalue weighted by molar-refractivity contribution is 9.10. The zero-order chi connectivity index (χ0) is 13.7. The van der Waals surface area contributed by atoms with Gasteiger partial charge in [0.1, 0.15) is 17.4 Å². The average Bonchev–Trinajstić information content (AvgIpc) is 2.35. The Bertz CT molecular complexity index is 562. The minimum Gasteiger partial charge on any atom is -0.437 e. The van der Waals surface area contributed by atoms with Crippen molar-refractivity contribution < 1.29 is 4.74 Å². The van der Waals surface area contributed by atoms with E-state index in [1.807, 2.05) is 13.0 Å². The van der Waals surface area contributed by atoms with Crippen molar-refractivity contribution in [1.29, 1.82) is 0 Å². The first-order valence-corrected chi connectivity index (χ1v) is 6.84. The quantitative estimate of drug-likeness (QED) is 0.912. The van der Waals surface area contributed by atoms with Crippen LogP contribution in [0, 0.1) is 6.92 Å². The zero-order valence-electron chi connectivity index (χ0n) is 10.9. The van der Waals surface area contributed by atoms with Gasteiger partial charge >= 0.3 is 0 Å². The summed E-state index contributed by atoms with van der Waals surface area (Å²) in [6, 6.07) is 3.62. The van der Waals surface area contributed by atoms with Gasteiger partial charge in [0.05, 0.1) is 6.20 Å². The van der Waals surface area contributed by atoms with Gasteiger partial charge in [-0.05, 0) is 35.3 Å². The fourth-order valence-corrected chi connectivity index (χ4v) is 1.85. The lowest BCUT2D eigenvalue weighted by molar-refractivity contribution is 0.457. The molecule has 0 aromatic carbocycles. The molecule has 0 bridgehead atoms. The number of aryl methyl sites for hydroxylation is 1. The van der Waals surface area contributed by atoms with Crippen molar-refractivity contribution in [2.45, 2.75) is 20.3 Å². The second-order valence-electron chi connectivity index (χ2n) is 4.01. The lowest BCUT2D eigenvalue weighted by Gasteiger charge is -2.08. The third-order valence-corrected chi connectivity index (χ3v) is 2.71. The Morgan fingerprint density at radius 1 is 1.26 bits per heavy atom. The van der Waals surface area contributed by atoms with E-state index in [9.17, 15) is 0 Å². The molecule has 100 valence electrons. The van der Waals surface area contributed by atoms with E-state index in [1.165, 1.54) is 0 Å². The number of anilines is 1. The number of hydrogen-bond donors (Lipinski definition) is 1. The van der Waals surface area contributed by atoms with E-state index in [0.717, 1.165) is 23.3 Å². The average molecular weight is 323 g/mol. The van der Waals surface area contributed by atoms with E-state index in [-0.39, 0.29) is 0 Å². The summed E-state index contributed by atoms with van der Waals surface area (Å²) in [4.78, 5) is 12.6. The molecule has 0 fully saturated rings. The third-order valence-electron chi connectivity index (χ3n) is 2.27. The minimum atomic E-state index is 0.506. The lowest BCUT2D eigenvalue weighted by atomic mass is 10.4. The van der Waals surface area contributed by atoms with Gasteiger partial charge in [-0.3, -0.25) is 4.98 Å². The Kier molecular flexibility index (Phi) is 4.68. The predicted octanol–water partition coefficient (Wildman–Crippen LogP) is 3.56. The van der Waals surface area contributed by atoms with Gasteiger partial charge in [0, 0.05) is 23.3 Å². The first-order valence-electron chi connectivity index (χ1n) is 6.05. The van der Waals surface area contributed by atoms with E-state index in [0.29, 0.717) is 17.5 Å². The molecule has 0 unspecified atom stereocenters. The molecular formula is C13H15BrN4O. The van der Waals surface area contributed by atoms with Crippen LogP contribution in [0.5, 0.6) is 11.6 Å². The maximum atomic E-state index is 5.68. The van der Waals surface area contributed by atoms with Crippen LogP contribution in [-0.2, 0) is 0 Å². The van der Waals surface area contributed by atoms with Crippen LogP contribution in [0.2, 0.25) is 0 Å². The minimum absolute atomic E-state index is 0.506. The molecule has 0 aliphatic carbocycles. The molecule has 0 radical (unpaired) electrons. The van der Waals surface area contributed by atoms with E-state index in [2.05, 4.69) is 43.1 Å². The van der Waals surface area contributed by atoms with Gasteiger partial charge in [-0.2, -0.15) is 4.98 Å². The second-order valence-corrected chi connectivity index (χ2v) is 4.92. The molecule has 0 aliphatic heterocycles. The molecule has 0 spiro atoms. The number of nitrogens with one attached hydrogen (secondary N) is 1. The first-order chi connectivity index (χ1) is 9.17. The summed E-state index contributed by atoms with van der Waals surface area (Å²) in [6.07, 6.45) is 4.38. The summed E-state index contributed by atoms with van der Waals surface area (Å²) >= 11 is 3.35. The topological polar surface area (TPSA) is 59.9 Å². The Morgan fingerprint density at radius 3 is 2.84 bits per heavy atom. The highest BCUT2D eigenvalue weighted by Gasteiger charge is 2.04. The Morgan fingerprint density at radius 2 is 2.11 bits per heavy atom. The van der Waals surface area contributed by atoms with Crippen LogP contribution in [-0.4, -0.2) is 21.5 Å². The molecule has 19 heavy (non-hydrogen) atoms. The van der Waals surface area contributed by atoms with Crippen molar-refractivity contribution in [2.75, 3.05) is 11.9 Å². The van der Waals surface area contributed by atoms with Crippen LogP contribution >= 0.6 is 15.9 Å². The molecule has 1 N–H and O–H groups in total. The van der Waals surface area contributed by atoms with Gasteiger partial charge in [-0.25, -0.2) is 4.98 Å². The smallest absolute Gasteiger partial charge is 0.224 e. The van der Waals surface area contributed by atoms with Crippen molar-refractivity contribution in [3.8, 4) is 11.6 Å². The second kappa shape index (κ2) is 6.47. The maximum Gasteiger partial charge on any atom is 0.224 e. The number of hydrogen-bond acceptors (Lipinski definition) is 5. The lowest BCUT2D eigenvalue weighted by Crippen LogP contribution is -2.04. The van der Waals surface area contributed by atoms with Crippen molar-refractivity contribution in [3.63, 3.8) is 0 Å². The molecule has 5 nitrogen and oxygen atoms in total. The van der Waals surface area contributed by atoms with Crippen LogP contribution in [0.1, 0.15) is 19.2 Å². The molecule has 0 amide bonds. The molecule has 2 rings (SSSR count). The maximum absolute atomic E-state index is 5.68. The highest BCUT2D eigenvalue weighted by Crippen LogP contribution is 2.23. The summed E-state index contributed by atoms with van der Waals surface area (Å²) in [7, 11) is 0. The number of pyridine rings is 1. The standard InChI is InChI=1S/C13H15BrN4O/c1-3-4-16-12-6-13(18-9(2)17-12)19-11-5-10(14)7-15-8-11/h5-8H,3-4H2,1-2H3,(H,16,17,18). The highest BCUT2D eigenvalue weighted by atomic mass is 79.9. The van der Waals surface area contributed by atoms with Crippen LogP contribution in [0.25, 0.3) is 0 Å². The summed E-state index contributed by atoms with van der Waals surface area (Å²) in [5.74, 6) is 2.58. The van der Waals surface area contributed by atoms with Gasteiger partial charge in [-0.1, -0.05) is 6.92 Å². The predicted molar refractivity (Wildman–Crippen MR) is 77.6 cm³/mol. The van der Waals surface area contributed by atoms with Crippen molar-refractivity contribution in [2.24, 2.45) is 0 Å². The molecule has 6 heteroatoms. The fraction of sp³-hybridized carbons (Fsp3) is 0.308. The monoisotopic (exact) mass is 322 g/mol. The Labute approximate surface area is 120 Å². The molecule has 0 saturated heterocycles. The number of nitrogens with zero attached hydrogens (tertiary/aromatic N) is 3. The van der Waals surface area contributed by atoms with E-state index in [1.54, 1.807) is 18.5 Å².